The Morgan fingerprint density at radius 3 is 2.62 bits per heavy atom. The van der Waals surface area contributed by atoms with E-state index in [0.29, 0.717) is 5.52 Å². The first-order valence-electron chi connectivity index (χ1n) is 3.72. The summed E-state index contributed by atoms with van der Waals surface area (Å²) in [7, 11) is -3.26. The third kappa shape index (κ3) is 1.42. The minimum absolute atomic E-state index is 0.688. The summed E-state index contributed by atoms with van der Waals surface area (Å²) in [5.74, 6) is 0. The smallest absolute Gasteiger partial charge is 0.205 e. The van der Waals surface area contributed by atoms with Gasteiger partial charge in [-0.15, -0.1) is 0 Å². The number of aromatic nitrogens is 2. The molecule has 0 unspecified atom stereocenters. The highest BCUT2D eigenvalue weighted by Crippen LogP contribution is 2.11. The van der Waals surface area contributed by atoms with E-state index in [1.54, 1.807) is 6.07 Å². The van der Waals surface area contributed by atoms with Crippen LogP contribution in [0.1, 0.15) is 0 Å². The monoisotopic (exact) mass is 196 g/mol. The molecule has 5 heteroatoms. The van der Waals surface area contributed by atoms with Gasteiger partial charge in [-0.05, 0) is 6.07 Å². The number of rotatable bonds is 1. The molecule has 68 valence electrons. The topological polar surface area (TPSA) is 52.0 Å². The van der Waals surface area contributed by atoms with Gasteiger partial charge in [0.15, 0.2) is 0 Å². The molecule has 0 spiro atoms. The fraction of sp³-hybridized carbons (Fsp3) is 0.125. The van der Waals surface area contributed by atoms with E-state index in [2.05, 4.69) is 5.10 Å². The second-order valence-corrected chi connectivity index (χ2v) is 4.66. The molecule has 13 heavy (non-hydrogen) atoms. The van der Waals surface area contributed by atoms with Gasteiger partial charge in [-0.25, -0.2) is 8.42 Å². The maximum atomic E-state index is 11.1. The van der Waals surface area contributed by atoms with Crippen molar-refractivity contribution in [1.29, 1.82) is 0 Å². The molecule has 1 aromatic heterocycles. The van der Waals surface area contributed by atoms with Crippen molar-refractivity contribution < 1.29 is 8.42 Å². The minimum Gasteiger partial charge on any atom is -0.205 e. The molecule has 0 amide bonds. The lowest BCUT2D eigenvalue weighted by molar-refractivity contribution is 0.587. The lowest BCUT2D eigenvalue weighted by atomic mass is 10.3. The van der Waals surface area contributed by atoms with E-state index in [0.717, 1.165) is 15.7 Å². The quantitative estimate of drug-likeness (QED) is 0.679. The predicted octanol–water partition coefficient (Wildman–Crippen LogP) is 0.844. The normalized spacial score (nSPS) is 12.1. The van der Waals surface area contributed by atoms with E-state index in [1.165, 1.54) is 6.20 Å². The Morgan fingerprint density at radius 2 is 2.00 bits per heavy atom. The number of hydrogen-bond acceptors (Lipinski definition) is 3. The molecule has 0 aliphatic heterocycles. The summed E-state index contributed by atoms with van der Waals surface area (Å²) in [4.78, 5) is 0. The third-order valence-electron chi connectivity index (χ3n) is 1.73. The van der Waals surface area contributed by atoms with E-state index >= 15 is 0 Å². The average Bonchev–Trinajstić information content (AvgIpc) is 2.45. The van der Waals surface area contributed by atoms with Crippen molar-refractivity contribution in [3.05, 3.63) is 30.5 Å². The molecule has 4 nitrogen and oxygen atoms in total. The summed E-state index contributed by atoms with van der Waals surface area (Å²) >= 11 is 0. The number of nitrogens with zero attached hydrogens (tertiary/aromatic N) is 2. The largest absolute Gasteiger partial charge is 0.250 e. The molecule has 1 heterocycles. The third-order valence-corrected chi connectivity index (χ3v) is 2.60. The van der Waals surface area contributed by atoms with Crippen LogP contribution >= 0.6 is 0 Å². The van der Waals surface area contributed by atoms with Gasteiger partial charge in [0.1, 0.15) is 0 Å². The van der Waals surface area contributed by atoms with Crippen molar-refractivity contribution in [3.8, 4) is 0 Å². The Balaban J connectivity index is 2.77. The van der Waals surface area contributed by atoms with Crippen LogP contribution in [0.15, 0.2) is 30.5 Å². The SMILES string of the molecule is CS(=O)(=O)n1cc2ccccc2n1. The van der Waals surface area contributed by atoms with Crippen molar-refractivity contribution in [2.75, 3.05) is 6.26 Å². The molecule has 0 aliphatic carbocycles. The number of fused-ring (bicyclic) bond motifs is 1. The Morgan fingerprint density at radius 1 is 1.31 bits per heavy atom. The highest BCUT2D eigenvalue weighted by Gasteiger charge is 2.07. The van der Waals surface area contributed by atoms with Gasteiger partial charge in [-0.2, -0.15) is 9.19 Å². The van der Waals surface area contributed by atoms with Gasteiger partial charge in [0.05, 0.1) is 18.0 Å². The highest BCUT2D eigenvalue weighted by atomic mass is 32.2. The van der Waals surface area contributed by atoms with E-state index in [-0.39, 0.29) is 0 Å². The van der Waals surface area contributed by atoms with Crippen LogP contribution in [-0.2, 0) is 10.0 Å². The van der Waals surface area contributed by atoms with Crippen LogP contribution in [0, 0.1) is 0 Å². The number of benzene rings is 1. The summed E-state index contributed by atoms with van der Waals surface area (Å²) < 4.78 is 23.2. The molecular formula is C8H8N2O2S. The second kappa shape index (κ2) is 2.56. The van der Waals surface area contributed by atoms with Crippen molar-refractivity contribution in [2.45, 2.75) is 0 Å². The van der Waals surface area contributed by atoms with Crippen molar-refractivity contribution in [1.82, 2.24) is 9.19 Å². The van der Waals surface area contributed by atoms with E-state index in [4.69, 9.17) is 0 Å². The molecule has 2 aromatic rings. The maximum absolute atomic E-state index is 11.1. The molecule has 0 atom stereocenters. The zero-order chi connectivity index (χ0) is 9.47. The van der Waals surface area contributed by atoms with Crippen LogP contribution in [0.2, 0.25) is 0 Å². The molecule has 2 rings (SSSR count). The van der Waals surface area contributed by atoms with Crippen LogP contribution in [0.3, 0.4) is 0 Å². The fourth-order valence-electron chi connectivity index (χ4n) is 1.11. The molecule has 1 aromatic carbocycles. The molecule has 0 fully saturated rings. The first-order valence-corrected chi connectivity index (χ1v) is 5.57. The number of hydrogen-bond donors (Lipinski definition) is 0. The lowest BCUT2D eigenvalue weighted by Crippen LogP contribution is -2.09. The van der Waals surface area contributed by atoms with Crippen LogP contribution < -0.4 is 0 Å². The van der Waals surface area contributed by atoms with Gasteiger partial charge in [0, 0.05) is 5.39 Å². The van der Waals surface area contributed by atoms with Gasteiger partial charge in [0.2, 0.25) is 0 Å². The van der Waals surface area contributed by atoms with Gasteiger partial charge >= 0.3 is 0 Å². The molecule has 0 bridgehead atoms. The van der Waals surface area contributed by atoms with Crippen molar-refractivity contribution >= 4 is 20.9 Å². The lowest BCUT2D eigenvalue weighted by Gasteiger charge is -1.92. The first-order chi connectivity index (χ1) is 6.07. The Kier molecular flexibility index (Phi) is 1.63. The Hall–Kier alpha value is -1.36. The second-order valence-electron chi connectivity index (χ2n) is 2.82. The zero-order valence-electron chi connectivity index (χ0n) is 7.01. The minimum atomic E-state index is -3.26. The Bertz CT molecular complexity index is 509. The highest BCUT2D eigenvalue weighted by molar-refractivity contribution is 7.89. The summed E-state index contributed by atoms with van der Waals surface area (Å²) in [6, 6.07) is 7.26. The maximum Gasteiger partial charge on any atom is 0.250 e. The summed E-state index contributed by atoms with van der Waals surface area (Å²) in [6.45, 7) is 0. The van der Waals surface area contributed by atoms with E-state index < -0.39 is 10.0 Å². The van der Waals surface area contributed by atoms with Gasteiger partial charge < -0.3 is 0 Å². The first kappa shape index (κ1) is 8.25. The molecule has 0 aliphatic rings. The predicted molar refractivity (Wildman–Crippen MR) is 50.0 cm³/mol. The van der Waals surface area contributed by atoms with Crippen molar-refractivity contribution in [2.24, 2.45) is 0 Å². The average molecular weight is 196 g/mol. The van der Waals surface area contributed by atoms with Gasteiger partial charge in [-0.3, -0.25) is 0 Å². The molecular weight excluding hydrogens is 188 g/mol. The van der Waals surface area contributed by atoms with Crippen LogP contribution in [0.25, 0.3) is 10.9 Å². The van der Waals surface area contributed by atoms with E-state index in [1.807, 2.05) is 18.2 Å². The van der Waals surface area contributed by atoms with Crippen LogP contribution in [0.4, 0.5) is 0 Å². The molecule has 0 N–H and O–H groups in total. The van der Waals surface area contributed by atoms with Crippen LogP contribution in [0.5, 0.6) is 0 Å². The summed E-state index contributed by atoms with van der Waals surface area (Å²) in [5.41, 5.74) is 0.688. The van der Waals surface area contributed by atoms with Crippen LogP contribution in [-0.4, -0.2) is 23.9 Å². The molecule has 0 radical (unpaired) electrons. The zero-order valence-corrected chi connectivity index (χ0v) is 7.82. The standard InChI is InChI=1S/C8H8N2O2S/c1-13(11,12)10-6-7-4-2-3-5-8(7)9-10/h2-6H,1H3. The fourth-order valence-corrected chi connectivity index (χ4v) is 1.65. The van der Waals surface area contributed by atoms with Gasteiger partial charge in [0.25, 0.3) is 10.0 Å². The summed E-state index contributed by atoms with van der Waals surface area (Å²) in [6.07, 6.45) is 2.63. The van der Waals surface area contributed by atoms with Gasteiger partial charge in [-0.1, -0.05) is 18.2 Å². The summed E-state index contributed by atoms with van der Waals surface area (Å²) in [5, 5.41) is 4.74. The molecule has 0 saturated carbocycles. The Labute approximate surface area is 75.8 Å². The van der Waals surface area contributed by atoms with Crippen molar-refractivity contribution in [3.63, 3.8) is 0 Å². The molecule has 0 saturated heterocycles. The van der Waals surface area contributed by atoms with E-state index in [9.17, 15) is 8.42 Å².